The summed E-state index contributed by atoms with van der Waals surface area (Å²) in [6, 6.07) is 11.6. The van der Waals surface area contributed by atoms with E-state index < -0.39 is 10.0 Å². The van der Waals surface area contributed by atoms with Gasteiger partial charge in [0.25, 0.3) is 10.0 Å². The van der Waals surface area contributed by atoms with Crippen LogP contribution in [0.3, 0.4) is 0 Å². The Balaban J connectivity index is 1.42. The lowest BCUT2D eigenvalue weighted by Gasteiger charge is -2.15. The van der Waals surface area contributed by atoms with E-state index in [1.807, 2.05) is 4.90 Å². The minimum atomic E-state index is -3.70. The maximum atomic E-state index is 12.6. The van der Waals surface area contributed by atoms with Crippen molar-refractivity contribution in [3.05, 3.63) is 48.0 Å². The van der Waals surface area contributed by atoms with Crippen LogP contribution in [0.1, 0.15) is 18.4 Å². The van der Waals surface area contributed by atoms with Crippen LogP contribution in [0, 0.1) is 0 Å². The molecule has 27 heavy (non-hydrogen) atoms. The summed E-state index contributed by atoms with van der Waals surface area (Å²) in [5.41, 5.74) is 1.41. The number of rotatable bonds is 6. The van der Waals surface area contributed by atoms with Crippen LogP contribution < -0.4 is 14.2 Å². The average Bonchev–Trinajstić information content (AvgIpc) is 3.28. The molecule has 0 spiro atoms. The zero-order chi connectivity index (χ0) is 18.9. The van der Waals surface area contributed by atoms with Crippen LogP contribution in [0.15, 0.2) is 47.4 Å². The topological polar surface area (TPSA) is 84.9 Å². The van der Waals surface area contributed by atoms with E-state index in [9.17, 15) is 13.2 Å². The summed E-state index contributed by atoms with van der Waals surface area (Å²) >= 11 is 0. The van der Waals surface area contributed by atoms with Crippen molar-refractivity contribution in [1.29, 1.82) is 0 Å². The van der Waals surface area contributed by atoms with Crippen LogP contribution in [-0.4, -0.2) is 39.1 Å². The summed E-state index contributed by atoms with van der Waals surface area (Å²) in [6.07, 6.45) is 2.26. The minimum absolute atomic E-state index is 0.135. The summed E-state index contributed by atoms with van der Waals surface area (Å²) in [5, 5.41) is 0. The van der Waals surface area contributed by atoms with Crippen molar-refractivity contribution in [2.45, 2.75) is 24.2 Å². The van der Waals surface area contributed by atoms with Crippen LogP contribution in [0.5, 0.6) is 11.5 Å². The molecule has 7 nitrogen and oxygen atoms in total. The Labute approximate surface area is 157 Å². The van der Waals surface area contributed by atoms with E-state index in [-0.39, 0.29) is 17.6 Å². The first kappa shape index (κ1) is 17.7. The third kappa shape index (κ3) is 3.85. The normalized spacial score (nSPS) is 16.0. The number of nitrogens with zero attached hydrogens (tertiary/aromatic N) is 1. The van der Waals surface area contributed by atoms with Gasteiger partial charge in [-0.2, -0.15) is 0 Å². The van der Waals surface area contributed by atoms with Gasteiger partial charge in [-0.15, -0.1) is 0 Å². The van der Waals surface area contributed by atoms with Gasteiger partial charge >= 0.3 is 0 Å². The number of benzene rings is 2. The van der Waals surface area contributed by atoms with Gasteiger partial charge < -0.3 is 14.4 Å². The van der Waals surface area contributed by atoms with Crippen molar-refractivity contribution in [2.24, 2.45) is 0 Å². The quantitative estimate of drug-likeness (QED) is 0.821. The molecule has 2 aliphatic heterocycles. The molecule has 0 saturated carbocycles. The molecule has 2 aromatic rings. The van der Waals surface area contributed by atoms with Gasteiger partial charge in [0.1, 0.15) is 0 Å². The van der Waals surface area contributed by atoms with Gasteiger partial charge in [0.15, 0.2) is 11.5 Å². The number of hydrogen-bond donors (Lipinski definition) is 1. The molecule has 1 N–H and O–H groups in total. The minimum Gasteiger partial charge on any atom is -0.454 e. The predicted octanol–water partition coefficient (Wildman–Crippen LogP) is 2.38. The Bertz CT molecular complexity index is 957. The van der Waals surface area contributed by atoms with Gasteiger partial charge in [0, 0.05) is 25.6 Å². The van der Waals surface area contributed by atoms with E-state index in [1.165, 1.54) is 0 Å². The van der Waals surface area contributed by atoms with Gasteiger partial charge in [-0.25, -0.2) is 8.42 Å². The first-order chi connectivity index (χ1) is 13.0. The average molecular weight is 388 g/mol. The van der Waals surface area contributed by atoms with Crippen LogP contribution >= 0.6 is 0 Å². The molecule has 0 radical (unpaired) electrons. The number of amides is 1. The number of anilines is 1. The molecule has 142 valence electrons. The Morgan fingerprint density at radius 2 is 1.81 bits per heavy atom. The second kappa shape index (κ2) is 7.11. The summed E-state index contributed by atoms with van der Waals surface area (Å²) in [7, 11) is -3.70. The Morgan fingerprint density at radius 1 is 1.04 bits per heavy atom. The molecule has 8 heteroatoms. The molecule has 0 aliphatic carbocycles. The lowest BCUT2D eigenvalue weighted by atomic mass is 10.1. The standard InChI is InChI=1S/C19H20N2O5S/c22-19-2-1-10-21(19)11-9-14-3-6-16(7-4-14)27(23,24)20-15-5-8-17-18(12-15)26-13-25-17/h3-8,12,20H,1-2,9-11,13H2. The lowest BCUT2D eigenvalue weighted by molar-refractivity contribution is -0.127. The van der Waals surface area contributed by atoms with E-state index in [0.717, 1.165) is 18.5 Å². The second-order valence-electron chi connectivity index (χ2n) is 6.55. The van der Waals surface area contributed by atoms with Gasteiger partial charge in [-0.3, -0.25) is 9.52 Å². The van der Waals surface area contributed by atoms with Crippen molar-refractivity contribution in [3.8, 4) is 11.5 Å². The SMILES string of the molecule is O=C1CCCN1CCc1ccc(S(=O)(=O)Nc2ccc3c(c2)OCO3)cc1. The Kier molecular flexibility index (Phi) is 4.65. The van der Waals surface area contributed by atoms with Gasteiger partial charge in [0.05, 0.1) is 10.6 Å². The van der Waals surface area contributed by atoms with E-state index >= 15 is 0 Å². The molecule has 2 aromatic carbocycles. The fourth-order valence-electron chi connectivity index (χ4n) is 3.21. The summed E-state index contributed by atoms with van der Waals surface area (Å²) in [4.78, 5) is 13.7. The first-order valence-corrected chi connectivity index (χ1v) is 10.3. The van der Waals surface area contributed by atoms with E-state index in [2.05, 4.69) is 4.72 Å². The zero-order valence-corrected chi connectivity index (χ0v) is 15.5. The summed E-state index contributed by atoms with van der Waals surface area (Å²) < 4.78 is 38.2. The smallest absolute Gasteiger partial charge is 0.261 e. The molecule has 1 fully saturated rings. The lowest BCUT2D eigenvalue weighted by Crippen LogP contribution is -2.26. The third-order valence-corrected chi connectivity index (χ3v) is 6.10. The van der Waals surface area contributed by atoms with E-state index in [0.29, 0.717) is 36.6 Å². The van der Waals surface area contributed by atoms with Crippen LogP contribution in [0.4, 0.5) is 5.69 Å². The maximum absolute atomic E-state index is 12.6. The number of likely N-dealkylation sites (tertiary alicyclic amines) is 1. The molecule has 0 unspecified atom stereocenters. The fraction of sp³-hybridized carbons (Fsp3) is 0.316. The molecule has 1 amide bonds. The largest absolute Gasteiger partial charge is 0.454 e. The highest BCUT2D eigenvalue weighted by Crippen LogP contribution is 2.34. The predicted molar refractivity (Wildman–Crippen MR) is 99.3 cm³/mol. The second-order valence-corrected chi connectivity index (χ2v) is 8.23. The molecular weight excluding hydrogens is 368 g/mol. The summed E-state index contributed by atoms with van der Waals surface area (Å²) in [5.74, 6) is 1.31. The molecular formula is C19H20N2O5S. The van der Waals surface area contributed by atoms with Crippen LogP contribution in [0.2, 0.25) is 0 Å². The highest BCUT2D eigenvalue weighted by molar-refractivity contribution is 7.92. The van der Waals surface area contributed by atoms with Crippen molar-refractivity contribution in [2.75, 3.05) is 24.6 Å². The molecule has 2 aliphatic rings. The monoisotopic (exact) mass is 388 g/mol. The number of carbonyl (C=O) groups is 1. The fourth-order valence-corrected chi connectivity index (χ4v) is 4.26. The number of fused-ring (bicyclic) bond motifs is 1. The number of hydrogen-bond acceptors (Lipinski definition) is 5. The van der Waals surface area contributed by atoms with Crippen LogP contribution in [0.25, 0.3) is 0 Å². The van der Waals surface area contributed by atoms with Crippen molar-refractivity contribution in [1.82, 2.24) is 4.90 Å². The molecule has 1 saturated heterocycles. The maximum Gasteiger partial charge on any atom is 0.261 e. The molecule has 4 rings (SSSR count). The molecule has 0 bridgehead atoms. The van der Waals surface area contributed by atoms with Crippen molar-refractivity contribution < 1.29 is 22.7 Å². The molecule has 0 atom stereocenters. The van der Waals surface area contributed by atoms with Gasteiger partial charge in [0.2, 0.25) is 12.7 Å². The molecule has 0 aromatic heterocycles. The number of nitrogens with one attached hydrogen (secondary N) is 1. The highest BCUT2D eigenvalue weighted by Gasteiger charge is 2.20. The van der Waals surface area contributed by atoms with Gasteiger partial charge in [-0.05, 0) is 42.7 Å². The van der Waals surface area contributed by atoms with Crippen molar-refractivity contribution in [3.63, 3.8) is 0 Å². The Morgan fingerprint density at radius 3 is 2.56 bits per heavy atom. The highest BCUT2D eigenvalue weighted by atomic mass is 32.2. The Hall–Kier alpha value is -2.74. The van der Waals surface area contributed by atoms with Gasteiger partial charge in [-0.1, -0.05) is 12.1 Å². The third-order valence-electron chi connectivity index (χ3n) is 4.70. The van der Waals surface area contributed by atoms with E-state index in [4.69, 9.17) is 9.47 Å². The van der Waals surface area contributed by atoms with E-state index in [1.54, 1.807) is 42.5 Å². The number of sulfonamides is 1. The first-order valence-electron chi connectivity index (χ1n) is 8.80. The van der Waals surface area contributed by atoms with Crippen LogP contribution in [-0.2, 0) is 21.2 Å². The zero-order valence-electron chi connectivity index (χ0n) is 14.7. The number of ether oxygens (including phenoxy) is 2. The molecule has 2 heterocycles. The van der Waals surface area contributed by atoms with Crippen molar-refractivity contribution >= 4 is 21.6 Å². The summed E-state index contributed by atoms with van der Waals surface area (Å²) in [6.45, 7) is 1.61. The number of carbonyl (C=O) groups excluding carboxylic acids is 1.